The molecule has 8 atom stereocenters. The Kier molecular flexibility index (Phi) is 6.84. The van der Waals surface area contributed by atoms with E-state index in [0.29, 0.717) is 5.57 Å². The third kappa shape index (κ3) is 3.94. The minimum atomic E-state index is -1.62. The normalized spacial score (nSPS) is 42.5. The summed E-state index contributed by atoms with van der Waals surface area (Å²) in [5.74, 6) is -0.480. The lowest BCUT2D eigenvalue weighted by atomic mass is 9.63. The van der Waals surface area contributed by atoms with Gasteiger partial charge in [0.1, 0.15) is 36.1 Å². The molecule has 9 nitrogen and oxygen atoms in total. The first-order valence-electron chi connectivity index (χ1n) is 9.15. The lowest BCUT2D eigenvalue weighted by Gasteiger charge is -2.46. The van der Waals surface area contributed by atoms with Crippen LogP contribution in [0.1, 0.15) is 27.7 Å². The van der Waals surface area contributed by atoms with Gasteiger partial charge >= 0.3 is 0 Å². The molecule has 0 radical (unpaired) electrons. The fourth-order valence-corrected chi connectivity index (χ4v) is 3.53. The predicted molar refractivity (Wildman–Crippen MR) is 97.0 cm³/mol. The molecular formula is C19H30O9. The van der Waals surface area contributed by atoms with Crippen molar-refractivity contribution in [1.29, 1.82) is 0 Å². The van der Waals surface area contributed by atoms with Crippen LogP contribution in [0.4, 0.5) is 0 Å². The first-order chi connectivity index (χ1) is 12.9. The van der Waals surface area contributed by atoms with Gasteiger partial charge in [0, 0.05) is 5.41 Å². The van der Waals surface area contributed by atoms with Crippen molar-refractivity contribution in [2.24, 2.45) is 5.41 Å². The van der Waals surface area contributed by atoms with Gasteiger partial charge in [0.05, 0.1) is 12.7 Å². The molecule has 9 heteroatoms. The summed E-state index contributed by atoms with van der Waals surface area (Å²) in [5.41, 5.74) is -2.45. The second-order valence-electron chi connectivity index (χ2n) is 8.02. The minimum Gasteiger partial charge on any atom is -0.394 e. The smallest absolute Gasteiger partial charge is 0.187 e. The highest BCUT2D eigenvalue weighted by atomic mass is 16.7. The zero-order valence-corrected chi connectivity index (χ0v) is 16.4. The molecule has 28 heavy (non-hydrogen) atoms. The number of hydrogen-bond donors (Lipinski definition) is 6. The van der Waals surface area contributed by atoms with Gasteiger partial charge in [0.25, 0.3) is 0 Å². The number of rotatable bonds is 5. The Morgan fingerprint density at radius 3 is 2.39 bits per heavy atom. The average Bonchev–Trinajstić information content (AvgIpc) is 2.64. The van der Waals surface area contributed by atoms with Crippen molar-refractivity contribution >= 4 is 5.78 Å². The van der Waals surface area contributed by atoms with Crippen molar-refractivity contribution in [1.82, 2.24) is 0 Å². The van der Waals surface area contributed by atoms with Crippen molar-refractivity contribution in [2.75, 3.05) is 6.61 Å². The molecular weight excluding hydrogens is 372 g/mol. The summed E-state index contributed by atoms with van der Waals surface area (Å²) < 4.78 is 10.8. The van der Waals surface area contributed by atoms with Gasteiger partial charge in [0.2, 0.25) is 0 Å². The van der Waals surface area contributed by atoms with Crippen LogP contribution in [0, 0.1) is 5.41 Å². The molecule has 1 saturated heterocycles. The lowest BCUT2D eigenvalue weighted by Crippen LogP contribution is -2.59. The number of ether oxygens (including phenoxy) is 2. The van der Waals surface area contributed by atoms with Crippen LogP contribution in [0.2, 0.25) is 0 Å². The molecule has 1 heterocycles. The topological polar surface area (TPSA) is 157 Å². The number of carbonyl (C=O) groups excluding carboxylic acids is 1. The van der Waals surface area contributed by atoms with Gasteiger partial charge in [0.15, 0.2) is 12.1 Å². The van der Waals surface area contributed by atoms with Gasteiger partial charge in [-0.25, -0.2) is 0 Å². The van der Waals surface area contributed by atoms with E-state index >= 15 is 0 Å². The molecule has 0 aromatic heterocycles. The maximum atomic E-state index is 11.9. The monoisotopic (exact) mass is 402 g/mol. The quantitative estimate of drug-likeness (QED) is 0.298. The molecule has 0 amide bonds. The Morgan fingerprint density at radius 1 is 1.21 bits per heavy atom. The summed E-state index contributed by atoms with van der Waals surface area (Å²) in [4.78, 5) is 11.9. The highest BCUT2D eigenvalue weighted by Crippen LogP contribution is 2.44. The maximum Gasteiger partial charge on any atom is 0.187 e. The van der Waals surface area contributed by atoms with Gasteiger partial charge < -0.3 is 40.1 Å². The van der Waals surface area contributed by atoms with E-state index in [4.69, 9.17) is 9.47 Å². The van der Waals surface area contributed by atoms with Crippen LogP contribution in [0.3, 0.4) is 0 Å². The zero-order valence-electron chi connectivity index (χ0n) is 16.4. The van der Waals surface area contributed by atoms with E-state index in [2.05, 4.69) is 0 Å². The summed E-state index contributed by atoms with van der Waals surface area (Å²) >= 11 is 0. The molecule has 0 aromatic carbocycles. The highest BCUT2D eigenvalue weighted by Gasteiger charge is 2.53. The van der Waals surface area contributed by atoms with Crippen molar-refractivity contribution in [3.63, 3.8) is 0 Å². The van der Waals surface area contributed by atoms with Crippen LogP contribution in [0.5, 0.6) is 0 Å². The third-order valence-corrected chi connectivity index (χ3v) is 5.70. The first kappa shape index (κ1) is 23.1. The maximum absolute atomic E-state index is 11.9. The lowest BCUT2D eigenvalue weighted by molar-refractivity contribution is -0.306. The van der Waals surface area contributed by atoms with Crippen LogP contribution in [-0.4, -0.2) is 91.5 Å². The molecule has 0 aromatic rings. The van der Waals surface area contributed by atoms with E-state index in [1.807, 2.05) is 0 Å². The Labute approximate surface area is 163 Å². The highest BCUT2D eigenvalue weighted by molar-refractivity contribution is 5.96. The SMILES string of the molecule is CC1=CC(=O)C(O)C(C)(C)C1(O)/C=C/C(C)OC1OC(CO)C(O)C(O)C1O. The van der Waals surface area contributed by atoms with Crippen molar-refractivity contribution in [2.45, 2.75) is 76.2 Å². The molecule has 1 aliphatic carbocycles. The molecule has 0 spiro atoms. The third-order valence-electron chi connectivity index (χ3n) is 5.70. The first-order valence-corrected chi connectivity index (χ1v) is 9.15. The Morgan fingerprint density at radius 2 is 1.82 bits per heavy atom. The molecule has 6 N–H and O–H groups in total. The second kappa shape index (κ2) is 8.29. The van der Waals surface area contributed by atoms with Gasteiger partial charge in [-0.3, -0.25) is 4.79 Å². The summed E-state index contributed by atoms with van der Waals surface area (Å²) in [6, 6.07) is 0. The van der Waals surface area contributed by atoms with Crippen molar-refractivity contribution < 1.29 is 44.9 Å². The fraction of sp³-hybridized carbons (Fsp3) is 0.737. The Bertz CT molecular complexity index is 641. The van der Waals surface area contributed by atoms with E-state index in [9.17, 15) is 35.4 Å². The Balaban J connectivity index is 2.15. The second-order valence-corrected chi connectivity index (χ2v) is 8.02. The van der Waals surface area contributed by atoms with Crippen LogP contribution in [0.25, 0.3) is 0 Å². The molecule has 2 aliphatic rings. The number of aliphatic hydroxyl groups excluding tert-OH is 5. The number of aliphatic hydroxyl groups is 6. The summed E-state index contributed by atoms with van der Waals surface area (Å²) in [6.45, 7) is 5.74. The van der Waals surface area contributed by atoms with Gasteiger partial charge in [-0.1, -0.05) is 19.9 Å². The summed E-state index contributed by atoms with van der Waals surface area (Å²) in [6.07, 6.45) is -5.00. The van der Waals surface area contributed by atoms with E-state index in [-0.39, 0.29) is 0 Å². The van der Waals surface area contributed by atoms with Crippen molar-refractivity contribution in [3.8, 4) is 0 Å². The Hall–Kier alpha value is -1.17. The summed E-state index contributed by atoms with van der Waals surface area (Å²) in [7, 11) is 0. The predicted octanol–water partition coefficient (Wildman–Crippen LogP) is -1.61. The fourth-order valence-electron chi connectivity index (χ4n) is 3.53. The molecule has 2 rings (SSSR count). The van der Waals surface area contributed by atoms with Crippen LogP contribution in [0.15, 0.2) is 23.8 Å². The van der Waals surface area contributed by atoms with E-state index in [1.165, 1.54) is 18.2 Å². The van der Waals surface area contributed by atoms with E-state index < -0.39 is 66.3 Å². The van der Waals surface area contributed by atoms with Crippen molar-refractivity contribution in [3.05, 3.63) is 23.8 Å². The average molecular weight is 402 g/mol. The molecule has 0 bridgehead atoms. The van der Waals surface area contributed by atoms with Crippen LogP contribution in [-0.2, 0) is 14.3 Å². The van der Waals surface area contributed by atoms with E-state index in [0.717, 1.165) is 0 Å². The molecule has 8 unspecified atom stereocenters. The van der Waals surface area contributed by atoms with Crippen LogP contribution >= 0.6 is 0 Å². The van der Waals surface area contributed by atoms with E-state index in [1.54, 1.807) is 27.7 Å². The number of hydrogen-bond acceptors (Lipinski definition) is 9. The minimum absolute atomic E-state index is 0.365. The van der Waals surface area contributed by atoms with Crippen LogP contribution < -0.4 is 0 Å². The standard InChI is InChI=1S/C19H30O9/c1-9-7-11(21)16(25)18(3,4)19(9,26)6-5-10(2)27-17-15(24)14(23)13(22)12(8-20)28-17/h5-7,10,12-17,20,22-26H,8H2,1-4H3/b6-5+. The van der Waals surface area contributed by atoms with Gasteiger partial charge in [-0.05, 0) is 31.6 Å². The molecule has 160 valence electrons. The number of ketones is 1. The summed E-state index contributed by atoms with van der Waals surface area (Å²) in [5, 5.41) is 60.2. The number of carbonyl (C=O) groups is 1. The largest absolute Gasteiger partial charge is 0.394 e. The van der Waals surface area contributed by atoms with Gasteiger partial charge in [-0.15, -0.1) is 0 Å². The zero-order chi connectivity index (χ0) is 21.4. The van der Waals surface area contributed by atoms with Gasteiger partial charge in [-0.2, -0.15) is 0 Å². The molecule has 1 aliphatic heterocycles. The molecule has 0 saturated carbocycles. The molecule has 1 fully saturated rings.